The minimum Gasteiger partial charge on any atom is -0.367 e. The molecular weight excluding hydrogens is 388 g/mol. The van der Waals surface area contributed by atoms with Crippen molar-refractivity contribution in [2.75, 3.05) is 5.32 Å². The van der Waals surface area contributed by atoms with Gasteiger partial charge in [0.1, 0.15) is 11.6 Å². The molecule has 1 aromatic carbocycles. The first-order valence-electron chi connectivity index (χ1n) is 11.5. The van der Waals surface area contributed by atoms with Crippen molar-refractivity contribution in [2.24, 2.45) is 5.92 Å². The molecule has 1 amide bonds. The average molecular weight is 419 g/mol. The summed E-state index contributed by atoms with van der Waals surface area (Å²) in [6, 6.07) is 10.8. The van der Waals surface area contributed by atoms with Crippen molar-refractivity contribution in [2.45, 2.75) is 70.4 Å². The average Bonchev–Trinajstić information content (AvgIpc) is 3.54. The van der Waals surface area contributed by atoms with E-state index in [1.165, 1.54) is 0 Å². The van der Waals surface area contributed by atoms with E-state index in [2.05, 4.69) is 15.7 Å². The molecule has 31 heavy (non-hydrogen) atoms. The van der Waals surface area contributed by atoms with E-state index in [1.807, 2.05) is 55.1 Å². The lowest BCUT2D eigenvalue weighted by molar-refractivity contribution is -0.124. The quantitative estimate of drug-likeness (QED) is 0.627. The van der Waals surface area contributed by atoms with Crippen molar-refractivity contribution < 1.29 is 4.79 Å². The van der Waals surface area contributed by atoms with Gasteiger partial charge >= 0.3 is 0 Å². The number of carbonyl (C=O) groups excluding carboxylic acids is 1. The Kier molecular flexibility index (Phi) is 5.34. The zero-order valence-corrected chi connectivity index (χ0v) is 18.2. The zero-order valence-electron chi connectivity index (χ0n) is 18.2. The highest BCUT2D eigenvalue weighted by atomic mass is 16.1. The maximum Gasteiger partial charge on any atom is 0.222 e. The summed E-state index contributed by atoms with van der Waals surface area (Å²) in [4.78, 5) is 21.8. The lowest BCUT2D eigenvalue weighted by atomic mass is 9.90. The highest BCUT2D eigenvalue weighted by molar-refractivity contribution is 5.87. The fourth-order valence-corrected chi connectivity index (χ4v) is 4.26. The van der Waals surface area contributed by atoms with E-state index in [0.717, 1.165) is 66.9 Å². The number of anilines is 1. The molecule has 0 aliphatic heterocycles. The standard InChI is InChI=1S/C24H30N6O/c1-15(2)24(31)27-18-12-10-17(11-13-18)26-22-20-14-25-30(19-6-4-3-5-7-19)23(20)29-21(28-22)16-8-9-16/h3-7,14-18H,8-13H2,1-2H3,(H,27,31)(H,26,28,29). The third kappa shape index (κ3) is 4.27. The van der Waals surface area contributed by atoms with E-state index < -0.39 is 0 Å². The second kappa shape index (κ2) is 8.29. The van der Waals surface area contributed by atoms with Gasteiger partial charge in [0.05, 0.1) is 17.3 Å². The number of nitrogens with zero attached hydrogens (tertiary/aromatic N) is 4. The molecule has 2 N–H and O–H groups in total. The maximum atomic E-state index is 12.0. The van der Waals surface area contributed by atoms with Crippen molar-refractivity contribution >= 4 is 22.8 Å². The van der Waals surface area contributed by atoms with Gasteiger partial charge in [-0.25, -0.2) is 14.6 Å². The van der Waals surface area contributed by atoms with Crippen molar-refractivity contribution in [3.63, 3.8) is 0 Å². The molecule has 0 saturated heterocycles. The molecular formula is C24H30N6O. The van der Waals surface area contributed by atoms with Crippen LogP contribution in [0.4, 0.5) is 5.82 Å². The molecule has 5 rings (SSSR count). The molecule has 162 valence electrons. The Morgan fingerprint density at radius 3 is 2.39 bits per heavy atom. The second-order valence-electron chi connectivity index (χ2n) is 9.19. The van der Waals surface area contributed by atoms with E-state index >= 15 is 0 Å². The molecule has 0 unspecified atom stereocenters. The molecule has 2 heterocycles. The predicted octanol–water partition coefficient (Wildman–Crippen LogP) is 4.19. The summed E-state index contributed by atoms with van der Waals surface area (Å²) in [6.45, 7) is 3.88. The van der Waals surface area contributed by atoms with Crippen molar-refractivity contribution in [1.29, 1.82) is 0 Å². The summed E-state index contributed by atoms with van der Waals surface area (Å²) in [5.74, 6) is 2.46. The minimum absolute atomic E-state index is 0.0344. The smallest absolute Gasteiger partial charge is 0.222 e. The first-order valence-corrected chi connectivity index (χ1v) is 11.5. The summed E-state index contributed by atoms with van der Waals surface area (Å²) in [5.41, 5.74) is 1.87. The van der Waals surface area contributed by atoms with Crippen LogP contribution in [0.2, 0.25) is 0 Å². The van der Waals surface area contributed by atoms with Gasteiger partial charge < -0.3 is 10.6 Å². The number of carbonyl (C=O) groups is 1. The fourth-order valence-electron chi connectivity index (χ4n) is 4.26. The third-order valence-electron chi connectivity index (χ3n) is 6.33. The van der Waals surface area contributed by atoms with Crippen molar-refractivity contribution in [1.82, 2.24) is 25.1 Å². The van der Waals surface area contributed by atoms with Crippen LogP contribution in [0.25, 0.3) is 16.7 Å². The van der Waals surface area contributed by atoms with Crippen molar-refractivity contribution in [3.8, 4) is 5.69 Å². The van der Waals surface area contributed by atoms with Gasteiger partial charge in [0.2, 0.25) is 5.91 Å². The molecule has 2 aliphatic rings. The minimum atomic E-state index is 0.0344. The third-order valence-corrected chi connectivity index (χ3v) is 6.33. The van der Waals surface area contributed by atoms with Gasteiger partial charge in [-0.3, -0.25) is 4.79 Å². The van der Waals surface area contributed by atoms with Crippen LogP contribution in [0, 0.1) is 5.92 Å². The Morgan fingerprint density at radius 2 is 1.71 bits per heavy atom. The van der Waals surface area contributed by atoms with Gasteiger partial charge in [-0.05, 0) is 50.7 Å². The molecule has 2 saturated carbocycles. The molecule has 0 atom stereocenters. The topological polar surface area (TPSA) is 84.7 Å². The second-order valence-corrected chi connectivity index (χ2v) is 9.19. The van der Waals surface area contributed by atoms with Gasteiger partial charge in [-0.15, -0.1) is 0 Å². The number of aromatic nitrogens is 4. The van der Waals surface area contributed by atoms with E-state index in [0.29, 0.717) is 12.0 Å². The summed E-state index contributed by atoms with van der Waals surface area (Å²) < 4.78 is 1.91. The van der Waals surface area contributed by atoms with Gasteiger partial charge in [-0.1, -0.05) is 32.0 Å². The van der Waals surface area contributed by atoms with Crippen LogP contribution in [-0.4, -0.2) is 37.7 Å². The van der Waals surface area contributed by atoms with Crippen molar-refractivity contribution in [3.05, 3.63) is 42.4 Å². The molecule has 0 radical (unpaired) electrons. The van der Waals surface area contributed by atoms with Gasteiger partial charge in [0, 0.05) is 23.9 Å². The Labute approximate surface area is 182 Å². The maximum absolute atomic E-state index is 12.0. The monoisotopic (exact) mass is 418 g/mol. The summed E-state index contributed by atoms with van der Waals surface area (Å²) in [6.07, 6.45) is 8.19. The number of hydrogen-bond acceptors (Lipinski definition) is 5. The first kappa shape index (κ1) is 20.0. The SMILES string of the molecule is CC(C)C(=O)NC1CCC(Nc2nc(C3CC3)nc3c2cnn3-c2ccccc2)CC1. The zero-order chi connectivity index (χ0) is 21.4. The van der Waals surface area contributed by atoms with Crippen LogP contribution in [0.15, 0.2) is 36.5 Å². The summed E-state index contributed by atoms with van der Waals surface area (Å²) in [5, 5.41) is 12.5. The van der Waals surface area contributed by atoms with Crippen LogP contribution < -0.4 is 10.6 Å². The number of para-hydroxylation sites is 1. The highest BCUT2D eigenvalue weighted by Crippen LogP contribution is 2.40. The lowest BCUT2D eigenvalue weighted by Crippen LogP contribution is -2.41. The van der Waals surface area contributed by atoms with Crippen LogP contribution in [0.1, 0.15) is 64.1 Å². The number of rotatable bonds is 6. The Morgan fingerprint density at radius 1 is 1.00 bits per heavy atom. The number of nitrogens with one attached hydrogen (secondary N) is 2. The van der Waals surface area contributed by atoms with E-state index in [1.54, 1.807) is 0 Å². The first-order chi connectivity index (χ1) is 15.1. The molecule has 2 aliphatic carbocycles. The van der Waals surface area contributed by atoms with Gasteiger partial charge in [0.15, 0.2) is 5.65 Å². The van der Waals surface area contributed by atoms with Gasteiger partial charge in [0.25, 0.3) is 0 Å². The molecule has 0 bridgehead atoms. The van der Waals surface area contributed by atoms with Gasteiger partial charge in [-0.2, -0.15) is 5.10 Å². The molecule has 2 aromatic heterocycles. The van der Waals surface area contributed by atoms with E-state index in [9.17, 15) is 4.79 Å². The lowest BCUT2D eigenvalue weighted by Gasteiger charge is -2.30. The largest absolute Gasteiger partial charge is 0.367 e. The fraction of sp³-hybridized carbons (Fsp3) is 0.500. The number of hydrogen-bond donors (Lipinski definition) is 2. The molecule has 7 heteroatoms. The van der Waals surface area contributed by atoms with Crippen LogP contribution in [0.3, 0.4) is 0 Å². The summed E-state index contributed by atoms with van der Waals surface area (Å²) in [7, 11) is 0. The summed E-state index contributed by atoms with van der Waals surface area (Å²) >= 11 is 0. The van der Waals surface area contributed by atoms with Crippen LogP contribution >= 0.6 is 0 Å². The predicted molar refractivity (Wildman–Crippen MR) is 121 cm³/mol. The Balaban J connectivity index is 1.37. The number of fused-ring (bicyclic) bond motifs is 1. The normalized spacial score (nSPS) is 21.4. The van der Waals surface area contributed by atoms with Crippen LogP contribution in [-0.2, 0) is 4.79 Å². The van der Waals surface area contributed by atoms with E-state index in [4.69, 9.17) is 9.97 Å². The molecule has 2 fully saturated rings. The van der Waals surface area contributed by atoms with Crippen LogP contribution in [0.5, 0.6) is 0 Å². The van der Waals surface area contributed by atoms with E-state index in [-0.39, 0.29) is 17.9 Å². The Hall–Kier alpha value is -2.96. The Bertz CT molecular complexity index is 1060. The highest BCUT2D eigenvalue weighted by Gasteiger charge is 2.30. The number of benzene rings is 1. The molecule has 3 aromatic rings. The molecule has 0 spiro atoms. The molecule has 7 nitrogen and oxygen atoms in total. The number of amides is 1.